The molecule has 0 aliphatic heterocycles. The molecule has 0 aliphatic rings. The summed E-state index contributed by atoms with van der Waals surface area (Å²) in [5, 5.41) is 5.75. The Morgan fingerprint density at radius 3 is 2.69 bits per heavy atom. The summed E-state index contributed by atoms with van der Waals surface area (Å²) in [6.45, 7) is 4.28. The Bertz CT molecular complexity index is 1190. The maximum atomic E-state index is 13.2. The molecule has 4 aromatic rings. The summed E-state index contributed by atoms with van der Waals surface area (Å²) in [6.07, 6.45) is 0. The second-order valence-electron chi connectivity index (χ2n) is 6.65. The van der Waals surface area contributed by atoms with Crippen molar-refractivity contribution in [2.45, 2.75) is 20.4 Å². The Morgan fingerprint density at radius 1 is 1.21 bits per heavy atom. The van der Waals surface area contributed by atoms with Crippen LogP contribution in [0.3, 0.4) is 0 Å². The summed E-state index contributed by atoms with van der Waals surface area (Å²) < 4.78 is 26.0. The lowest BCUT2D eigenvalue weighted by molar-refractivity contribution is 0.0518. The molecule has 5 nitrogen and oxygen atoms in total. The molecule has 148 valence electrons. The van der Waals surface area contributed by atoms with Crippen molar-refractivity contribution in [3.05, 3.63) is 76.3 Å². The van der Waals surface area contributed by atoms with E-state index in [2.05, 4.69) is 5.10 Å². The number of ether oxygens (including phenoxy) is 1. The highest BCUT2D eigenvalue weighted by atomic mass is 35.5. The van der Waals surface area contributed by atoms with Crippen LogP contribution < -0.4 is 0 Å². The first kappa shape index (κ1) is 19.2. The fourth-order valence-electron chi connectivity index (χ4n) is 3.20. The van der Waals surface area contributed by atoms with E-state index in [9.17, 15) is 9.18 Å². The number of furan rings is 1. The number of halogens is 2. The van der Waals surface area contributed by atoms with Crippen LogP contribution in [0.4, 0.5) is 4.39 Å². The smallest absolute Gasteiger partial charge is 0.358 e. The molecule has 0 bridgehead atoms. The summed E-state index contributed by atoms with van der Waals surface area (Å²) >= 11 is 6.31. The lowest BCUT2D eigenvalue weighted by atomic mass is 10.1. The van der Waals surface area contributed by atoms with Gasteiger partial charge in [0, 0.05) is 27.2 Å². The first-order valence-electron chi connectivity index (χ1n) is 9.14. The Hall–Kier alpha value is -3.12. The molecule has 0 amide bonds. The van der Waals surface area contributed by atoms with Gasteiger partial charge in [-0.2, -0.15) is 5.10 Å². The van der Waals surface area contributed by atoms with Gasteiger partial charge in [0.1, 0.15) is 17.2 Å². The molecule has 0 spiro atoms. The zero-order valence-corrected chi connectivity index (χ0v) is 16.7. The van der Waals surface area contributed by atoms with Crippen molar-refractivity contribution >= 4 is 28.5 Å². The molecule has 2 heterocycles. The normalized spacial score (nSPS) is 11.2. The number of rotatable bonds is 5. The fourth-order valence-corrected chi connectivity index (χ4v) is 3.44. The monoisotopic (exact) mass is 412 g/mol. The fraction of sp³-hybridized carbons (Fsp3) is 0.182. The molecular weight excluding hydrogens is 395 g/mol. The molecule has 0 aliphatic carbocycles. The maximum Gasteiger partial charge on any atom is 0.358 e. The molecule has 4 rings (SSSR count). The van der Waals surface area contributed by atoms with Gasteiger partial charge in [0.05, 0.1) is 13.2 Å². The average Bonchev–Trinajstić information content (AvgIpc) is 3.26. The molecule has 0 unspecified atom stereocenters. The first-order valence-corrected chi connectivity index (χ1v) is 9.52. The standard InChI is InChI=1S/C22H18ClFN2O3/c1-3-28-22(27)19-8-13(2)26(25-19)12-16-10-17(23)9-15-11-20(29-21(15)16)14-4-6-18(24)7-5-14/h4-11H,3,12H2,1-2H3. The Balaban J connectivity index is 1.72. The molecule has 2 aromatic carbocycles. The van der Waals surface area contributed by atoms with Gasteiger partial charge in [-0.1, -0.05) is 11.6 Å². The molecule has 0 saturated heterocycles. The Kier molecular flexibility index (Phi) is 5.11. The number of hydrogen-bond donors (Lipinski definition) is 0. The highest BCUT2D eigenvalue weighted by molar-refractivity contribution is 6.31. The number of carbonyl (C=O) groups is 1. The summed E-state index contributed by atoms with van der Waals surface area (Å²) in [6, 6.07) is 13.3. The van der Waals surface area contributed by atoms with E-state index in [1.807, 2.05) is 25.1 Å². The minimum atomic E-state index is -0.456. The predicted octanol–water partition coefficient (Wildman–Crippen LogP) is 5.62. The van der Waals surface area contributed by atoms with Gasteiger partial charge in [0.2, 0.25) is 0 Å². The molecule has 0 saturated carbocycles. The van der Waals surface area contributed by atoms with E-state index in [0.29, 0.717) is 22.9 Å². The number of fused-ring (bicyclic) bond motifs is 1. The van der Waals surface area contributed by atoms with Crippen molar-refractivity contribution in [1.29, 1.82) is 0 Å². The van der Waals surface area contributed by atoms with Crippen molar-refractivity contribution in [2.75, 3.05) is 6.61 Å². The number of esters is 1. The second-order valence-corrected chi connectivity index (χ2v) is 7.09. The molecule has 0 atom stereocenters. The molecule has 7 heteroatoms. The number of carbonyl (C=O) groups excluding carboxylic acids is 1. The van der Waals surface area contributed by atoms with Gasteiger partial charge in [0.15, 0.2) is 5.69 Å². The minimum Gasteiger partial charge on any atom is -0.461 e. The minimum absolute atomic E-state index is 0.258. The van der Waals surface area contributed by atoms with Crippen LogP contribution in [-0.4, -0.2) is 22.4 Å². The quantitative estimate of drug-likeness (QED) is 0.399. The number of hydrogen-bond acceptors (Lipinski definition) is 4. The van der Waals surface area contributed by atoms with E-state index >= 15 is 0 Å². The van der Waals surface area contributed by atoms with Crippen LogP contribution in [-0.2, 0) is 11.3 Å². The predicted molar refractivity (Wildman–Crippen MR) is 109 cm³/mol. The van der Waals surface area contributed by atoms with Gasteiger partial charge in [-0.25, -0.2) is 9.18 Å². The van der Waals surface area contributed by atoms with Crippen LogP contribution in [0, 0.1) is 12.7 Å². The van der Waals surface area contributed by atoms with Crippen LogP contribution in [0.15, 0.2) is 52.9 Å². The molecule has 2 aromatic heterocycles. The third-order valence-corrected chi connectivity index (χ3v) is 4.79. The third kappa shape index (κ3) is 3.89. The lowest BCUT2D eigenvalue weighted by Crippen LogP contribution is -2.08. The van der Waals surface area contributed by atoms with Gasteiger partial charge in [-0.3, -0.25) is 4.68 Å². The highest BCUT2D eigenvalue weighted by Gasteiger charge is 2.16. The second kappa shape index (κ2) is 7.72. The summed E-state index contributed by atoms with van der Waals surface area (Å²) in [5.74, 6) is -0.143. The van der Waals surface area contributed by atoms with E-state index in [0.717, 1.165) is 22.2 Å². The Morgan fingerprint density at radius 2 is 1.97 bits per heavy atom. The van der Waals surface area contributed by atoms with Gasteiger partial charge < -0.3 is 9.15 Å². The molecule has 0 radical (unpaired) electrons. The average molecular weight is 413 g/mol. The zero-order valence-electron chi connectivity index (χ0n) is 15.9. The topological polar surface area (TPSA) is 57.3 Å². The van der Waals surface area contributed by atoms with Gasteiger partial charge in [0.25, 0.3) is 0 Å². The van der Waals surface area contributed by atoms with E-state index in [-0.39, 0.29) is 18.1 Å². The van der Waals surface area contributed by atoms with Crippen molar-refractivity contribution in [3.63, 3.8) is 0 Å². The maximum absolute atomic E-state index is 13.2. The van der Waals surface area contributed by atoms with Crippen LogP contribution in [0.2, 0.25) is 5.02 Å². The van der Waals surface area contributed by atoms with Crippen molar-refractivity contribution < 1.29 is 18.3 Å². The number of nitrogens with zero attached hydrogens (tertiary/aromatic N) is 2. The molecule has 0 fully saturated rings. The Labute approximate surface area is 171 Å². The molecule has 29 heavy (non-hydrogen) atoms. The molecule has 0 N–H and O–H groups in total. The van der Waals surface area contributed by atoms with Crippen molar-refractivity contribution in [2.24, 2.45) is 0 Å². The first-order chi connectivity index (χ1) is 13.9. The summed E-state index contributed by atoms with van der Waals surface area (Å²) in [4.78, 5) is 11.9. The number of aromatic nitrogens is 2. The molecular formula is C22H18ClFN2O3. The van der Waals surface area contributed by atoms with Crippen molar-refractivity contribution in [3.8, 4) is 11.3 Å². The van der Waals surface area contributed by atoms with Crippen LogP contribution in [0.25, 0.3) is 22.3 Å². The van der Waals surface area contributed by atoms with Crippen LogP contribution >= 0.6 is 11.6 Å². The van der Waals surface area contributed by atoms with Gasteiger partial charge in [-0.15, -0.1) is 0 Å². The van der Waals surface area contributed by atoms with Gasteiger partial charge >= 0.3 is 5.97 Å². The van der Waals surface area contributed by atoms with Crippen LogP contribution in [0.1, 0.15) is 28.7 Å². The largest absolute Gasteiger partial charge is 0.461 e. The third-order valence-electron chi connectivity index (χ3n) is 4.57. The summed E-state index contributed by atoms with van der Waals surface area (Å²) in [7, 11) is 0. The zero-order chi connectivity index (χ0) is 20.5. The van der Waals surface area contributed by atoms with Crippen molar-refractivity contribution in [1.82, 2.24) is 9.78 Å². The van der Waals surface area contributed by atoms with E-state index < -0.39 is 5.97 Å². The van der Waals surface area contributed by atoms with E-state index in [1.54, 1.807) is 29.8 Å². The summed E-state index contributed by atoms with van der Waals surface area (Å²) in [5.41, 5.74) is 3.33. The number of aryl methyl sites for hydroxylation is 1. The van der Waals surface area contributed by atoms with E-state index in [1.165, 1.54) is 12.1 Å². The van der Waals surface area contributed by atoms with Gasteiger partial charge in [-0.05, 0) is 62.4 Å². The highest BCUT2D eigenvalue weighted by Crippen LogP contribution is 2.33. The lowest BCUT2D eigenvalue weighted by Gasteiger charge is -2.06. The van der Waals surface area contributed by atoms with Crippen LogP contribution in [0.5, 0.6) is 0 Å². The SMILES string of the molecule is CCOC(=O)c1cc(C)n(Cc2cc(Cl)cc3cc(-c4ccc(F)cc4)oc23)n1. The number of benzene rings is 2. The van der Waals surface area contributed by atoms with E-state index in [4.69, 9.17) is 20.8 Å².